The molecule has 28 heavy (non-hydrogen) atoms. The highest BCUT2D eigenvalue weighted by atomic mass is 15.0. The van der Waals surface area contributed by atoms with Crippen LogP contribution in [0, 0.1) is 13.8 Å². The Morgan fingerprint density at radius 1 is 0.750 bits per heavy atom. The lowest BCUT2D eigenvalue weighted by Gasteiger charge is -2.12. The summed E-state index contributed by atoms with van der Waals surface area (Å²) in [6.07, 6.45) is 1.07. The molecule has 3 aromatic carbocycles. The van der Waals surface area contributed by atoms with Gasteiger partial charge >= 0.3 is 0 Å². The summed E-state index contributed by atoms with van der Waals surface area (Å²) in [5.41, 5.74) is 9.14. The highest BCUT2D eigenvalue weighted by Gasteiger charge is 2.11. The predicted octanol–water partition coefficient (Wildman–Crippen LogP) is 5.74. The molecular weight excluding hydrogens is 340 g/mol. The fourth-order valence-electron chi connectivity index (χ4n) is 3.79. The highest BCUT2D eigenvalue weighted by Crippen LogP contribution is 2.30. The lowest BCUT2D eigenvalue weighted by Crippen LogP contribution is -2.10. The summed E-state index contributed by atoms with van der Waals surface area (Å²) in [5.74, 6) is 0. The summed E-state index contributed by atoms with van der Waals surface area (Å²) >= 11 is 0. The molecule has 1 N–H and O–H groups in total. The molecule has 0 amide bonds. The summed E-state index contributed by atoms with van der Waals surface area (Å²) < 4.78 is 2.45. The van der Waals surface area contributed by atoms with Crippen molar-refractivity contribution in [2.24, 2.45) is 0 Å². The topological polar surface area (TPSA) is 17.0 Å². The van der Waals surface area contributed by atoms with E-state index in [0.29, 0.717) is 0 Å². The number of benzene rings is 3. The Labute approximate surface area is 167 Å². The molecule has 2 nitrogen and oxygen atoms in total. The Hall–Kier alpha value is -2.84. The molecule has 1 aromatic heterocycles. The van der Waals surface area contributed by atoms with Crippen LogP contribution in [-0.4, -0.2) is 18.2 Å². The van der Waals surface area contributed by atoms with Crippen molar-refractivity contribution >= 4 is 10.9 Å². The molecule has 0 fully saturated rings. The van der Waals surface area contributed by atoms with Crippen LogP contribution in [-0.2, 0) is 13.0 Å². The minimum Gasteiger partial charge on any atom is -0.336 e. The summed E-state index contributed by atoms with van der Waals surface area (Å²) in [5, 5.41) is 4.52. The van der Waals surface area contributed by atoms with Gasteiger partial charge in [-0.05, 0) is 68.8 Å². The van der Waals surface area contributed by atoms with Gasteiger partial charge in [-0.1, -0.05) is 65.7 Å². The van der Waals surface area contributed by atoms with Crippen LogP contribution in [0.2, 0.25) is 0 Å². The molecule has 2 heteroatoms. The van der Waals surface area contributed by atoms with E-state index in [1.807, 2.05) is 7.05 Å². The quantitative estimate of drug-likeness (QED) is 0.459. The first-order valence-corrected chi connectivity index (χ1v) is 10.0. The number of hydrogen-bond donors (Lipinski definition) is 1. The van der Waals surface area contributed by atoms with Crippen LogP contribution in [0.4, 0.5) is 0 Å². The molecule has 0 aliphatic carbocycles. The van der Waals surface area contributed by atoms with Gasteiger partial charge < -0.3 is 9.88 Å². The average molecular weight is 369 g/mol. The standard InChI is InChI=1S/C26H28N2/c1-19-4-11-23(12-5-19)26-17-24-16-20(2)6-13-25(24)28(26)18-22-9-7-21(8-10-22)14-15-27-3/h4-13,16-17,27H,14-15,18H2,1-3H3. The van der Waals surface area contributed by atoms with Gasteiger partial charge in [0.25, 0.3) is 0 Å². The van der Waals surface area contributed by atoms with E-state index in [-0.39, 0.29) is 0 Å². The zero-order valence-corrected chi connectivity index (χ0v) is 17.0. The minimum absolute atomic E-state index is 0.877. The smallest absolute Gasteiger partial charge is 0.0494 e. The Morgan fingerprint density at radius 3 is 2.14 bits per heavy atom. The Morgan fingerprint density at radius 2 is 1.43 bits per heavy atom. The van der Waals surface area contributed by atoms with E-state index in [2.05, 4.69) is 96.5 Å². The summed E-state index contributed by atoms with van der Waals surface area (Å²) in [4.78, 5) is 0. The number of aryl methyl sites for hydroxylation is 2. The van der Waals surface area contributed by atoms with Gasteiger partial charge in [0.05, 0.1) is 0 Å². The van der Waals surface area contributed by atoms with Crippen LogP contribution in [0.25, 0.3) is 22.2 Å². The van der Waals surface area contributed by atoms with Crippen molar-refractivity contribution in [1.29, 1.82) is 0 Å². The number of hydrogen-bond acceptors (Lipinski definition) is 1. The van der Waals surface area contributed by atoms with Crippen molar-refractivity contribution in [3.63, 3.8) is 0 Å². The molecule has 0 atom stereocenters. The summed E-state index contributed by atoms with van der Waals surface area (Å²) in [6, 6.07) is 27.0. The fourth-order valence-corrected chi connectivity index (χ4v) is 3.79. The number of likely N-dealkylation sites (N-methyl/N-ethyl adjacent to an activating group) is 1. The number of rotatable bonds is 6. The SMILES string of the molecule is CNCCc1ccc(Cn2c(-c3ccc(C)cc3)cc3cc(C)ccc32)cc1. The van der Waals surface area contributed by atoms with E-state index >= 15 is 0 Å². The van der Waals surface area contributed by atoms with Crippen LogP contribution in [0.5, 0.6) is 0 Å². The van der Waals surface area contributed by atoms with Crippen LogP contribution in [0.15, 0.2) is 72.8 Å². The van der Waals surface area contributed by atoms with E-state index in [1.54, 1.807) is 0 Å². The summed E-state index contributed by atoms with van der Waals surface area (Å²) in [7, 11) is 2.00. The van der Waals surface area contributed by atoms with Crippen molar-refractivity contribution in [3.05, 3.63) is 95.1 Å². The van der Waals surface area contributed by atoms with E-state index < -0.39 is 0 Å². The largest absolute Gasteiger partial charge is 0.336 e. The third-order valence-corrected chi connectivity index (χ3v) is 5.43. The van der Waals surface area contributed by atoms with Gasteiger partial charge in [-0.15, -0.1) is 0 Å². The van der Waals surface area contributed by atoms with Crippen LogP contribution >= 0.6 is 0 Å². The molecule has 0 aliphatic heterocycles. The van der Waals surface area contributed by atoms with Crippen molar-refractivity contribution in [3.8, 4) is 11.3 Å². The maximum absolute atomic E-state index is 3.22. The van der Waals surface area contributed by atoms with Gasteiger partial charge in [0.1, 0.15) is 0 Å². The van der Waals surface area contributed by atoms with E-state index in [4.69, 9.17) is 0 Å². The molecule has 142 valence electrons. The zero-order valence-electron chi connectivity index (χ0n) is 17.0. The first-order valence-electron chi connectivity index (χ1n) is 10.0. The second-order valence-corrected chi connectivity index (χ2v) is 7.71. The van der Waals surface area contributed by atoms with E-state index in [0.717, 1.165) is 19.5 Å². The Kier molecular flexibility index (Phi) is 5.31. The maximum Gasteiger partial charge on any atom is 0.0494 e. The van der Waals surface area contributed by atoms with Crippen LogP contribution in [0.3, 0.4) is 0 Å². The fraction of sp³-hybridized carbons (Fsp3) is 0.231. The van der Waals surface area contributed by atoms with E-state index in [1.165, 1.54) is 44.4 Å². The van der Waals surface area contributed by atoms with Crippen molar-refractivity contribution in [1.82, 2.24) is 9.88 Å². The average Bonchev–Trinajstić information content (AvgIpc) is 3.05. The van der Waals surface area contributed by atoms with Gasteiger partial charge in [-0.25, -0.2) is 0 Å². The number of aromatic nitrogens is 1. The van der Waals surface area contributed by atoms with Crippen LogP contribution in [0.1, 0.15) is 22.3 Å². The first kappa shape index (κ1) is 18.5. The molecule has 0 saturated heterocycles. The molecule has 4 rings (SSSR count). The van der Waals surface area contributed by atoms with Crippen LogP contribution < -0.4 is 5.32 Å². The van der Waals surface area contributed by atoms with Gasteiger partial charge in [0.2, 0.25) is 0 Å². The van der Waals surface area contributed by atoms with Crippen molar-refractivity contribution in [2.75, 3.05) is 13.6 Å². The maximum atomic E-state index is 3.22. The second-order valence-electron chi connectivity index (χ2n) is 7.71. The highest BCUT2D eigenvalue weighted by molar-refractivity contribution is 5.87. The second kappa shape index (κ2) is 8.04. The summed E-state index contributed by atoms with van der Waals surface area (Å²) in [6.45, 7) is 6.19. The zero-order chi connectivity index (χ0) is 19.5. The molecule has 4 aromatic rings. The third-order valence-electron chi connectivity index (χ3n) is 5.43. The third kappa shape index (κ3) is 3.88. The molecule has 0 bridgehead atoms. The molecule has 0 aliphatic rings. The predicted molar refractivity (Wildman–Crippen MR) is 120 cm³/mol. The Bertz CT molecular complexity index is 1070. The lowest BCUT2D eigenvalue weighted by atomic mass is 10.1. The number of nitrogens with one attached hydrogen (secondary N) is 1. The van der Waals surface area contributed by atoms with Gasteiger partial charge in [0.15, 0.2) is 0 Å². The van der Waals surface area contributed by atoms with Gasteiger partial charge in [-0.2, -0.15) is 0 Å². The molecule has 0 spiro atoms. The monoisotopic (exact) mass is 368 g/mol. The normalized spacial score (nSPS) is 11.2. The Balaban J connectivity index is 1.74. The number of fused-ring (bicyclic) bond motifs is 1. The minimum atomic E-state index is 0.877. The molecule has 0 saturated carbocycles. The van der Waals surface area contributed by atoms with Crippen molar-refractivity contribution in [2.45, 2.75) is 26.8 Å². The first-order chi connectivity index (χ1) is 13.6. The van der Waals surface area contributed by atoms with E-state index in [9.17, 15) is 0 Å². The van der Waals surface area contributed by atoms with Gasteiger partial charge in [0, 0.05) is 23.1 Å². The lowest BCUT2D eigenvalue weighted by molar-refractivity contribution is 0.790. The van der Waals surface area contributed by atoms with Crippen molar-refractivity contribution < 1.29 is 0 Å². The molecule has 1 heterocycles. The molecule has 0 radical (unpaired) electrons. The number of nitrogens with zero attached hydrogens (tertiary/aromatic N) is 1. The van der Waals surface area contributed by atoms with Gasteiger partial charge in [-0.3, -0.25) is 0 Å². The molecular formula is C26H28N2. The molecule has 0 unspecified atom stereocenters.